The third-order valence-electron chi connectivity index (χ3n) is 2.94. The average Bonchev–Trinajstić information content (AvgIpc) is 2.48. The van der Waals surface area contributed by atoms with E-state index in [1.165, 1.54) is 0 Å². The molecular formula is C17H20N2O3. The highest BCUT2D eigenvalue weighted by molar-refractivity contribution is 5.95. The first-order valence-electron chi connectivity index (χ1n) is 6.99. The molecule has 0 saturated heterocycles. The predicted octanol–water partition coefficient (Wildman–Crippen LogP) is 3.03. The van der Waals surface area contributed by atoms with Gasteiger partial charge < -0.3 is 14.8 Å². The molecule has 1 heterocycles. The normalized spacial score (nSPS) is 11.0. The number of carbonyl (C=O) groups excluding carboxylic acids is 1. The second-order valence-corrected chi connectivity index (χ2v) is 5.58. The van der Waals surface area contributed by atoms with E-state index in [9.17, 15) is 4.79 Å². The lowest BCUT2D eigenvalue weighted by atomic mass is 10.1. The van der Waals surface area contributed by atoms with Crippen LogP contribution in [0.25, 0.3) is 0 Å². The molecular weight excluding hydrogens is 280 g/mol. The lowest BCUT2D eigenvalue weighted by Gasteiger charge is -2.25. The van der Waals surface area contributed by atoms with Crippen LogP contribution in [0.15, 0.2) is 48.8 Å². The van der Waals surface area contributed by atoms with Gasteiger partial charge in [0.05, 0.1) is 12.1 Å². The number of pyridine rings is 1. The zero-order valence-electron chi connectivity index (χ0n) is 13.0. The minimum atomic E-state index is -0.437. The van der Waals surface area contributed by atoms with Gasteiger partial charge in [0.1, 0.15) is 11.5 Å². The molecule has 0 radical (unpaired) electrons. The molecule has 0 unspecified atom stereocenters. The van der Waals surface area contributed by atoms with E-state index in [0.29, 0.717) is 23.7 Å². The molecule has 0 bridgehead atoms. The highest BCUT2D eigenvalue weighted by atomic mass is 16.5. The van der Waals surface area contributed by atoms with Crippen LogP contribution in [0.1, 0.15) is 24.2 Å². The first-order chi connectivity index (χ1) is 10.5. The maximum absolute atomic E-state index is 12.3. The third-order valence-corrected chi connectivity index (χ3v) is 2.94. The van der Waals surface area contributed by atoms with Gasteiger partial charge in [-0.3, -0.25) is 9.78 Å². The van der Waals surface area contributed by atoms with Crippen molar-refractivity contribution in [2.24, 2.45) is 0 Å². The Morgan fingerprint density at radius 1 is 1.18 bits per heavy atom. The van der Waals surface area contributed by atoms with E-state index in [-0.39, 0.29) is 5.91 Å². The van der Waals surface area contributed by atoms with Crippen molar-refractivity contribution < 1.29 is 14.3 Å². The van der Waals surface area contributed by atoms with Gasteiger partial charge in [0.15, 0.2) is 0 Å². The van der Waals surface area contributed by atoms with E-state index in [1.54, 1.807) is 55.9 Å². The number of nitrogens with zero attached hydrogens (tertiary/aromatic N) is 1. The number of rotatable bonds is 6. The van der Waals surface area contributed by atoms with Gasteiger partial charge in [0.2, 0.25) is 0 Å². The van der Waals surface area contributed by atoms with Crippen LogP contribution in [0, 0.1) is 0 Å². The largest absolute Gasteiger partial charge is 0.457 e. The maximum Gasteiger partial charge on any atom is 0.251 e. The Balaban J connectivity index is 2.09. The van der Waals surface area contributed by atoms with Crippen molar-refractivity contribution in [2.45, 2.75) is 19.4 Å². The summed E-state index contributed by atoms with van der Waals surface area (Å²) in [7, 11) is 1.61. The van der Waals surface area contributed by atoms with Gasteiger partial charge in [-0.2, -0.15) is 0 Å². The summed E-state index contributed by atoms with van der Waals surface area (Å²) in [5.74, 6) is 1.11. The van der Waals surface area contributed by atoms with Gasteiger partial charge in [0.25, 0.3) is 5.91 Å². The number of nitrogens with one attached hydrogen (secondary N) is 1. The fourth-order valence-electron chi connectivity index (χ4n) is 2.02. The Kier molecular flexibility index (Phi) is 5.12. The van der Waals surface area contributed by atoms with Crippen LogP contribution in [-0.4, -0.2) is 30.1 Å². The molecule has 0 aliphatic rings. The molecule has 0 spiro atoms. The van der Waals surface area contributed by atoms with Crippen molar-refractivity contribution in [1.29, 1.82) is 0 Å². The fourth-order valence-corrected chi connectivity index (χ4v) is 2.02. The molecule has 1 amide bonds. The zero-order chi connectivity index (χ0) is 16.0. The lowest BCUT2D eigenvalue weighted by molar-refractivity contribution is 0.0819. The Morgan fingerprint density at radius 2 is 1.91 bits per heavy atom. The van der Waals surface area contributed by atoms with E-state index in [2.05, 4.69) is 10.3 Å². The van der Waals surface area contributed by atoms with E-state index in [4.69, 9.17) is 9.47 Å². The van der Waals surface area contributed by atoms with Crippen LogP contribution in [-0.2, 0) is 4.74 Å². The molecule has 0 saturated carbocycles. The number of aromatic nitrogens is 1. The summed E-state index contributed by atoms with van der Waals surface area (Å²) < 4.78 is 10.8. The molecule has 22 heavy (non-hydrogen) atoms. The zero-order valence-corrected chi connectivity index (χ0v) is 13.0. The van der Waals surface area contributed by atoms with Gasteiger partial charge in [-0.25, -0.2) is 0 Å². The van der Waals surface area contributed by atoms with Gasteiger partial charge in [-0.1, -0.05) is 6.07 Å². The molecule has 5 heteroatoms. The smallest absolute Gasteiger partial charge is 0.251 e. The van der Waals surface area contributed by atoms with Gasteiger partial charge >= 0.3 is 0 Å². The first-order valence-corrected chi connectivity index (χ1v) is 6.99. The molecule has 0 fully saturated rings. The minimum Gasteiger partial charge on any atom is -0.457 e. The highest BCUT2D eigenvalue weighted by Crippen LogP contribution is 2.21. The summed E-state index contributed by atoms with van der Waals surface area (Å²) in [6.45, 7) is 4.25. The highest BCUT2D eigenvalue weighted by Gasteiger charge is 2.21. The lowest BCUT2D eigenvalue weighted by Crippen LogP contribution is -2.46. The molecule has 2 aromatic rings. The van der Waals surface area contributed by atoms with Gasteiger partial charge in [0, 0.05) is 25.1 Å². The molecule has 0 aliphatic heterocycles. The van der Waals surface area contributed by atoms with Crippen LogP contribution >= 0.6 is 0 Å². The number of hydrogen-bond acceptors (Lipinski definition) is 4. The summed E-state index contributed by atoms with van der Waals surface area (Å²) >= 11 is 0. The van der Waals surface area contributed by atoms with Crippen molar-refractivity contribution >= 4 is 5.91 Å². The van der Waals surface area contributed by atoms with Gasteiger partial charge in [-0.15, -0.1) is 0 Å². The van der Waals surface area contributed by atoms with Crippen LogP contribution in [0.2, 0.25) is 0 Å². The minimum absolute atomic E-state index is 0.165. The summed E-state index contributed by atoms with van der Waals surface area (Å²) in [5, 5.41) is 2.94. The molecule has 1 aromatic carbocycles. The number of hydrogen-bond donors (Lipinski definition) is 1. The number of ether oxygens (including phenoxy) is 2. The van der Waals surface area contributed by atoms with Crippen molar-refractivity contribution in [3.63, 3.8) is 0 Å². The summed E-state index contributed by atoms with van der Waals surface area (Å²) in [6, 6.07) is 10.6. The van der Waals surface area contributed by atoms with Crippen molar-refractivity contribution in [3.8, 4) is 11.5 Å². The quantitative estimate of drug-likeness (QED) is 0.891. The molecule has 0 atom stereocenters. The average molecular weight is 300 g/mol. The number of carbonyl (C=O) groups is 1. The number of methoxy groups -OCH3 is 1. The van der Waals surface area contributed by atoms with E-state index in [0.717, 1.165) is 0 Å². The molecule has 5 nitrogen and oxygen atoms in total. The Morgan fingerprint density at radius 3 is 2.59 bits per heavy atom. The third kappa shape index (κ3) is 4.56. The predicted molar refractivity (Wildman–Crippen MR) is 84.2 cm³/mol. The monoisotopic (exact) mass is 300 g/mol. The van der Waals surface area contributed by atoms with E-state index in [1.807, 2.05) is 13.8 Å². The summed E-state index contributed by atoms with van der Waals surface area (Å²) in [4.78, 5) is 16.2. The number of benzene rings is 1. The van der Waals surface area contributed by atoms with E-state index < -0.39 is 5.54 Å². The van der Waals surface area contributed by atoms with Crippen molar-refractivity contribution in [1.82, 2.24) is 10.3 Å². The van der Waals surface area contributed by atoms with Crippen molar-refractivity contribution in [3.05, 3.63) is 54.4 Å². The SMILES string of the molecule is COCC(C)(C)NC(=O)c1cccc(Oc2ccncc2)c1. The van der Waals surface area contributed by atoms with Gasteiger partial charge in [-0.05, 0) is 44.2 Å². The first kappa shape index (κ1) is 16.0. The van der Waals surface area contributed by atoms with Crippen molar-refractivity contribution in [2.75, 3.05) is 13.7 Å². The standard InChI is InChI=1S/C17H20N2O3/c1-17(2,12-21-3)19-16(20)13-5-4-6-15(11-13)22-14-7-9-18-10-8-14/h4-11H,12H2,1-3H3,(H,19,20). The second-order valence-electron chi connectivity index (χ2n) is 5.58. The van der Waals surface area contributed by atoms with Crippen LogP contribution in [0.3, 0.4) is 0 Å². The van der Waals surface area contributed by atoms with E-state index >= 15 is 0 Å². The molecule has 1 N–H and O–H groups in total. The fraction of sp³-hybridized carbons (Fsp3) is 0.294. The van der Waals surface area contributed by atoms with Crippen LogP contribution in [0.4, 0.5) is 0 Å². The summed E-state index contributed by atoms with van der Waals surface area (Å²) in [6.07, 6.45) is 3.30. The topological polar surface area (TPSA) is 60.5 Å². The molecule has 116 valence electrons. The second kappa shape index (κ2) is 7.04. The Hall–Kier alpha value is -2.40. The Labute approximate surface area is 130 Å². The molecule has 2 rings (SSSR count). The Bertz CT molecular complexity index is 627. The molecule has 0 aliphatic carbocycles. The molecule has 1 aromatic heterocycles. The van der Waals surface area contributed by atoms with Crippen LogP contribution in [0.5, 0.6) is 11.5 Å². The summed E-state index contributed by atoms with van der Waals surface area (Å²) in [5.41, 5.74) is 0.101. The maximum atomic E-state index is 12.3. The number of amides is 1. The van der Waals surface area contributed by atoms with Crippen LogP contribution < -0.4 is 10.1 Å².